The Morgan fingerprint density at radius 3 is 1.33 bits per heavy atom. The second-order valence-corrected chi connectivity index (χ2v) is 14.8. The van der Waals surface area contributed by atoms with E-state index in [1.54, 1.807) is 18.5 Å². The number of hydrogen-bond acceptors (Lipinski definition) is 4. The normalized spacial score (nSPS) is 12.4. The standard InChI is InChI=1S/C54H34N4O2/c59-53-43-27-16-30-48(57-50-39(23-14-25-41(50)46-28-10-12-31-55-46)40-24-15-26-42(51(40)57)47-29-11-13-32-56-47)49(43)54(60)58(53)52-44(36-19-6-2-7-20-36)33-38(35-17-4-1-5-18-35)34-45(52)37-21-8-3-9-22-37/h1-34H. The number of amides is 2. The van der Waals surface area contributed by atoms with Gasteiger partial charge in [-0.3, -0.25) is 19.6 Å². The molecule has 0 radical (unpaired) electrons. The summed E-state index contributed by atoms with van der Waals surface area (Å²) >= 11 is 0. The molecule has 10 aromatic rings. The van der Waals surface area contributed by atoms with E-state index in [1.165, 1.54) is 4.90 Å². The quantitative estimate of drug-likeness (QED) is 0.151. The number of anilines is 1. The van der Waals surface area contributed by atoms with Crippen molar-refractivity contribution < 1.29 is 9.59 Å². The van der Waals surface area contributed by atoms with Crippen LogP contribution in [0.15, 0.2) is 207 Å². The van der Waals surface area contributed by atoms with Crippen LogP contribution in [0.5, 0.6) is 0 Å². The molecule has 0 saturated heterocycles. The smallest absolute Gasteiger partial charge is 0.268 e. The molecule has 0 unspecified atom stereocenters. The molecule has 6 heteroatoms. The van der Waals surface area contributed by atoms with Gasteiger partial charge in [-0.1, -0.05) is 146 Å². The van der Waals surface area contributed by atoms with Crippen LogP contribution >= 0.6 is 0 Å². The number of imide groups is 1. The molecule has 3 aromatic heterocycles. The number of pyridine rings is 2. The average Bonchev–Trinajstić information content (AvgIpc) is 3.80. The zero-order valence-corrected chi connectivity index (χ0v) is 32.2. The Bertz CT molecular complexity index is 3120. The summed E-state index contributed by atoms with van der Waals surface area (Å²) in [6.07, 6.45) is 3.58. The minimum atomic E-state index is -0.395. The van der Waals surface area contributed by atoms with Gasteiger partial charge in [-0.05, 0) is 70.8 Å². The first-order chi connectivity index (χ1) is 29.7. The third kappa shape index (κ3) is 5.57. The summed E-state index contributed by atoms with van der Waals surface area (Å²) in [7, 11) is 0. The van der Waals surface area contributed by atoms with Crippen LogP contribution in [0.2, 0.25) is 0 Å². The number of benzene rings is 7. The van der Waals surface area contributed by atoms with Crippen molar-refractivity contribution in [1.82, 2.24) is 14.5 Å². The molecular formula is C54H34N4O2. The van der Waals surface area contributed by atoms with Crippen LogP contribution in [0.4, 0.5) is 5.69 Å². The molecule has 2 amide bonds. The van der Waals surface area contributed by atoms with E-state index in [2.05, 4.69) is 53.1 Å². The Kier molecular flexibility index (Phi) is 8.34. The predicted octanol–water partition coefficient (Wildman–Crippen LogP) is 12.7. The van der Waals surface area contributed by atoms with Gasteiger partial charge < -0.3 is 4.57 Å². The van der Waals surface area contributed by atoms with Gasteiger partial charge >= 0.3 is 0 Å². The second-order valence-electron chi connectivity index (χ2n) is 14.8. The van der Waals surface area contributed by atoms with Crippen LogP contribution in [0, 0.1) is 0 Å². The maximum Gasteiger partial charge on any atom is 0.268 e. The second kappa shape index (κ2) is 14.3. The van der Waals surface area contributed by atoms with E-state index < -0.39 is 5.91 Å². The molecule has 11 rings (SSSR count). The van der Waals surface area contributed by atoms with Crippen LogP contribution in [0.1, 0.15) is 20.7 Å². The third-order valence-electron chi connectivity index (χ3n) is 11.4. The van der Waals surface area contributed by atoms with E-state index in [9.17, 15) is 0 Å². The monoisotopic (exact) mass is 770 g/mol. The van der Waals surface area contributed by atoms with E-state index in [0.29, 0.717) is 22.5 Å². The molecule has 0 bridgehead atoms. The van der Waals surface area contributed by atoms with Gasteiger partial charge in [-0.15, -0.1) is 0 Å². The number of nitrogens with zero attached hydrogens (tertiary/aromatic N) is 4. The minimum absolute atomic E-state index is 0.332. The Labute approximate surface area is 346 Å². The van der Waals surface area contributed by atoms with Crippen molar-refractivity contribution in [3.63, 3.8) is 0 Å². The summed E-state index contributed by atoms with van der Waals surface area (Å²) in [5.41, 5.74) is 12.3. The molecule has 7 aromatic carbocycles. The van der Waals surface area contributed by atoms with Crippen LogP contribution < -0.4 is 4.90 Å². The SMILES string of the molecule is O=C1c2cccc(-n3c4c(-c5ccccn5)cccc4c4cccc(-c5ccccn5)c43)c2C(=O)N1c1c(-c2ccccc2)cc(-c2ccccc2)cc1-c1ccccc1. The van der Waals surface area contributed by atoms with Crippen molar-refractivity contribution in [3.05, 3.63) is 218 Å². The Morgan fingerprint density at radius 2 is 0.833 bits per heavy atom. The fraction of sp³-hybridized carbons (Fsp3) is 0. The lowest BCUT2D eigenvalue weighted by molar-refractivity contribution is 0.0926. The highest BCUT2D eigenvalue weighted by atomic mass is 16.2. The molecule has 1 aliphatic heterocycles. The fourth-order valence-electron chi connectivity index (χ4n) is 8.82. The van der Waals surface area contributed by atoms with E-state index in [-0.39, 0.29) is 5.91 Å². The average molecular weight is 771 g/mol. The number of carbonyl (C=O) groups excluding carboxylic acids is 2. The summed E-state index contributed by atoms with van der Waals surface area (Å²) < 4.78 is 2.15. The van der Waals surface area contributed by atoms with Gasteiger partial charge in [0.2, 0.25) is 0 Å². The highest BCUT2D eigenvalue weighted by Crippen LogP contribution is 2.48. The van der Waals surface area contributed by atoms with Crippen molar-refractivity contribution in [3.8, 4) is 61.6 Å². The molecule has 6 nitrogen and oxygen atoms in total. The zero-order valence-electron chi connectivity index (χ0n) is 32.2. The molecular weight excluding hydrogens is 737 g/mol. The van der Waals surface area contributed by atoms with E-state index >= 15 is 9.59 Å². The summed E-state index contributed by atoms with van der Waals surface area (Å²) in [6.45, 7) is 0. The highest BCUT2D eigenvalue weighted by Gasteiger charge is 2.42. The molecule has 0 aliphatic carbocycles. The molecule has 0 fully saturated rings. The van der Waals surface area contributed by atoms with Gasteiger partial charge in [0, 0.05) is 45.4 Å². The molecule has 0 atom stereocenters. The number of hydrogen-bond donors (Lipinski definition) is 0. The summed E-state index contributed by atoms with van der Waals surface area (Å²) in [6, 6.07) is 64.2. The first-order valence-electron chi connectivity index (χ1n) is 19.9. The molecule has 1 aliphatic rings. The van der Waals surface area contributed by atoms with Crippen molar-refractivity contribution in [2.45, 2.75) is 0 Å². The third-order valence-corrected chi connectivity index (χ3v) is 11.4. The van der Waals surface area contributed by atoms with Crippen molar-refractivity contribution in [1.29, 1.82) is 0 Å². The maximum atomic E-state index is 15.7. The summed E-state index contributed by atoms with van der Waals surface area (Å²) in [4.78, 5) is 41.9. The number of fused-ring (bicyclic) bond motifs is 4. The number of rotatable bonds is 7. The van der Waals surface area contributed by atoms with Crippen LogP contribution in [0.3, 0.4) is 0 Å². The van der Waals surface area contributed by atoms with Gasteiger partial charge in [-0.2, -0.15) is 0 Å². The van der Waals surface area contributed by atoms with Crippen molar-refractivity contribution in [2.24, 2.45) is 0 Å². The van der Waals surface area contributed by atoms with Gasteiger partial charge in [0.05, 0.1) is 44.9 Å². The maximum absolute atomic E-state index is 15.7. The van der Waals surface area contributed by atoms with Crippen LogP contribution in [0.25, 0.3) is 83.4 Å². The number of carbonyl (C=O) groups is 2. The summed E-state index contributed by atoms with van der Waals surface area (Å²) in [5, 5.41) is 1.98. The first kappa shape index (κ1) is 35.0. The number of aromatic nitrogens is 3. The topological polar surface area (TPSA) is 68.1 Å². The highest BCUT2D eigenvalue weighted by molar-refractivity contribution is 6.37. The van der Waals surface area contributed by atoms with E-state index in [4.69, 9.17) is 9.97 Å². The van der Waals surface area contributed by atoms with E-state index in [0.717, 1.165) is 77.7 Å². The fourth-order valence-corrected chi connectivity index (χ4v) is 8.82. The molecule has 0 saturated carbocycles. The van der Waals surface area contributed by atoms with Gasteiger partial charge in [-0.25, -0.2) is 4.90 Å². The Balaban J connectivity index is 1.21. The summed E-state index contributed by atoms with van der Waals surface area (Å²) in [5.74, 6) is -0.776. The molecule has 4 heterocycles. The van der Waals surface area contributed by atoms with Crippen LogP contribution in [-0.2, 0) is 0 Å². The van der Waals surface area contributed by atoms with Gasteiger partial charge in [0.15, 0.2) is 0 Å². The minimum Gasteiger partial charge on any atom is -0.307 e. The molecule has 60 heavy (non-hydrogen) atoms. The van der Waals surface area contributed by atoms with Gasteiger partial charge in [0.25, 0.3) is 11.8 Å². The first-order valence-corrected chi connectivity index (χ1v) is 19.9. The van der Waals surface area contributed by atoms with Crippen LogP contribution in [-0.4, -0.2) is 26.3 Å². The lowest BCUT2D eigenvalue weighted by Crippen LogP contribution is -2.30. The molecule has 0 spiro atoms. The Hall–Kier alpha value is -8.22. The largest absolute Gasteiger partial charge is 0.307 e. The predicted molar refractivity (Wildman–Crippen MR) is 241 cm³/mol. The van der Waals surface area contributed by atoms with Crippen molar-refractivity contribution in [2.75, 3.05) is 4.90 Å². The zero-order chi connectivity index (χ0) is 40.2. The Morgan fingerprint density at radius 1 is 0.367 bits per heavy atom. The van der Waals surface area contributed by atoms with Crippen molar-refractivity contribution >= 4 is 39.3 Å². The van der Waals surface area contributed by atoms with E-state index in [1.807, 2.05) is 140 Å². The van der Waals surface area contributed by atoms with Gasteiger partial charge in [0.1, 0.15) is 0 Å². The molecule has 282 valence electrons. The lowest BCUT2D eigenvalue weighted by Gasteiger charge is -2.24. The lowest BCUT2D eigenvalue weighted by atomic mass is 9.90. The molecule has 0 N–H and O–H groups in total. The number of para-hydroxylation sites is 2.